The van der Waals surface area contributed by atoms with E-state index in [9.17, 15) is 26.7 Å². The first-order chi connectivity index (χ1) is 7.72. The maximum absolute atomic E-state index is 13.1. The average Bonchev–Trinajstić information content (AvgIpc) is 2.14. The third-order valence-electron chi connectivity index (χ3n) is 2.00. The minimum absolute atomic E-state index is 0.203. The summed E-state index contributed by atoms with van der Waals surface area (Å²) < 4.78 is 63.4. The van der Waals surface area contributed by atoms with Gasteiger partial charge in [-0.05, 0) is 0 Å². The van der Waals surface area contributed by atoms with E-state index in [0.29, 0.717) is 11.8 Å². The number of alkyl halides is 5. The maximum Gasteiger partial charge on any atom is 0.256 e. The Balaban J connectivity index is 4.06. The highest BCUT2D eigenvalue weighted by atomic mass is 32.2. The summed E-state index contributed by atoms with van der Waals surface area (Å²) in [5, 5.41) is -0.253. The van der Waals surface area contributed by atoms with Gasteiger partial charge in [-0.15, -0.1) is 0 Å². The summed E-state index contributed by atoms with van der Waals surface area (Å²) in [6, 6.07) is 0. The van der Waals surface area contributed by atoms with E-state index < -0.39 is 37.8 Å². The van der Waals surface area contributed by atoms with Crippen LogP contribution in [0, 0.1) is 0 Å². The monoisotopic (exact) mass is 278 g/mol. The second-order valence-corrected chi connectivity index (χ2v) is 4.80. The second kappa shape index (κ2) is 7.18. The molecule has 0 saturated carbocycles. The van der Waals surface area contributed by atoms with Crippen LogP contribution in [0.25, 0.3) is 0 Å². The molecule has 0 spiro atoms. The maximum atomic E-state index is 13.1. The lowest BCUT2D eigenvalue weighted by Gasteiger charge is -2.22. The first kappa shape index (κ1) is 16.7. The minimum Gasteiger partial charge on any atom is -0.287 e. The molecule has 102 valence electrons. The molecule has 0 atom stereocenters. The van der Waals surface area contributed by atoms with Gasteiger partial charge in [0.1, 0.15) is 0 Å². The molecule has 0 aliphatic rings. The van der Waals surface area contributed by atoms with Gasteiger partial charge in [0.05, 0.1) is 13.1 Å². The van der Waals surface area contributed by atoms with Crippen molar-refractivity contribution >= 4 is 16.9 Å². The summed E-state index contributed by atoms with van der Waals surface area (Å²) in [5.41, 5.74) is 0. The van der Waals surface area contributed by atoms with Crippen molar-refractivity contribution in [2.75, 3.05) is 12.4 Å². The number of carbonyl (C=O) groups excluding carboxylic acids is 1. The van der Waals surface area contributed by atoms with Gasteiger partial charge < -0.3 is 0 Å². The molecule has 0 aromatic heterocycles. The summed E-state index contributed by atoms with van der Waals surface area (Å²) in [6.07, 6.45) is -3.44. The third kappa shape index (κ3) is 8.40. The highest BCUT2D eigenvalue weighted by Crippen LogP contribution is 2.35. The third-order valence-corrected chi connectivity index (χ3v) is 3.02. The van der Waals surface area contributed by atoms with Gasteiger partial charge in [0, 0.05) is 25.0 Å². The van der Waals surface area contributed by atoms with Gasteiger partial charge in [-0.2, -0.15) is 0 Å². The summed E-state index contributed by atoms with van der Waals surface area (Å²) in [7, 11) is 0. The van der Waals surface area contributed by atoms with E-state index in [1.54, 1.807) is 6.92 Å². The molecule has 0 unspecified atom stereocenters. The molecule has 7 heteroatoms. The van der Waals surface area contributed by atoms with Crippen molar-refractivity contribution in [2.45, 2.75) is 44.5 Å². The van der Waals surface area contributed by atoms with E-state index in [1.807, 2.05) is 0 Å². The SMILES string of the molecule is CCC(=O)SCCC(F)(F)CC(F)(F)CCF. The zero-order chi connectivity index (χ0) is 13.5. The van der Waals surface area contributed by atoms with E-state index in [4.69, 9.17) is 0 Å². The van der Waals surface area contributed by atoms with Crippen molar-refractivity contribution in [3.05, 3.63) is 0 Å². The van der Waals surface area contributed by atoms with Crippen LogP contribution in [0.4, 0.5) is 22.0 Å². The van der Waals surface area contributed by atoms with Crippen LogP contribution in [0.2, 0.25) is 0 Å². The van der Waals surface area contributed by atoms with Crippen LogP contribution < -0.4 is 0 Å². The predicted molar refractivity (Wildman–Crippen MR) is 57.5 cm³/mol. The lowest BCUT2D eigenvalue weighted by molar-refractivity contribution is -0.116. The molecule has 0 aliphatic heterocycles. The Bertz CT molecular complexity index is 245. The van der Waals surface area contributed by atoms with Gasteiger partial charge in [-0.1, -0.05) is 18.7 Å². The molecule has 0 amide bonds. The van der Waals surface area contributed by atoms with Crippen molar-refractivity contribution in [1.82, 2.24) is 0 Å². The average molecular weight is 278 g/mol. The van der Waals surface area contributed by atoms with Gasteiger partial charge in [-0.25, -0.2) is 17.6 Å². The van der Waals surface area contributed by atoms with Gasteiger partial charge >= 0.3 is 0 Å². The highest BCUT2D eigenvalue weighted by molar-refractivity contribution is 8.13. The normalized spacial score (nSPS) is 12.8. The Morgan fingerprint density at radius 2 is 1.65 bits per heavy atom. The molecule has 0 fully saturated rings. The number of carbonyl (C=O) groups is 1. The fraction of sp³-hybridized carbons (Fsp3) is 0.900. The zero-order valence-electron chi connectivity index (χ0n) is 9.45. The van der Waals surface area contributed by atoms with Gasteiger partial charge in [0.15, 0.2) is 5.12 Å². The van der Waals surface area contributed by atoms with Crippen LogP contribution in [0.5, 0.6) is 0 Å². The molecule has 0 aromatic carbocycles. The zero-order valence-corrected chi connectivity index (χ0v) is 10.3. The first-order valence-corrected chi connectivity index (χ1v) is 6.18. The van der Waals surface area contributed by atoms with Crippen molar-refractivity contribution in [1.29, 1.82) is 0 Å². The Kier molecular flexibility index (Phi) is 7.04. The first-order valence-electron chi connectivity index (χ1n) is 5.19. The van der Waals surface area contributed by atoms with Crippen LogP contribution in [-0.2, 0) is 4.79 Å². The molecule has 0 rings (SSSR count). The summed E-state index contributed by atoms with van der Waals surface area (Å²) in [4.78, 5) is 10.8. The summed E-state index contributed by atoms with van der Waals surface area (Å²) >= 11 is 0.705. The minimum atomic E-state index is -3.70. The van der Waals surface area contributed by atoms with Crippen LogP contribution >= 0.6 is 11.8 Å². The Morgan fingerprint density at radius 1 is 1.12 bits per heavy atom. The van der Waals surface area contributed by atoms with Gasteiger partial charge in [0.25, 0.3) is 11.8 Å². The molecule has 0 heterocycles. The standard InChI is InChI=1S/C10H15F5OS/c1-2-8(16)17-6-4-10(14,15)7-9(12,13)3-5-11/h2-7H2,1H3. The van der Waals surface area contributed by atoms with Gasteiger partial charge in [-0.3, -0.25) is 9.18 Å². The van der Waals surface area contributed by atoms with Crippen molar-refractivity contribution < 1.29 is 26.7 Å². The quantitative estimate of drug-likeness (QED) is 0.623. The van der Waals surface area contributed by atoms with Crippen LogP contribution in [0.15, 0.2) is 0 Å². The highest BCUT2D eigenvalue weighted by Gasteiger charge is 2.42. The molecule has 1 nitrogen and oxygen atoms in total. The second-order valence-electron chi connectivity index (χ2n) is 3.65. The van der Waals surface area contributed by atoms with Crippen molar-refractivity contribution in [3.63, 3.8) is 0 Å². The summed E-state index contributed by atoms with van der Waals surface area (Å²) in [5.74, 6) is -7.47. The number of halogens is 5. The molecule has 0 aliphatic carbocycles. The Hall–Kier alpha value is -0.330. The Morgan fingerprint density at radius 3 is 2.12 bits per heavy atom. The molecule has 0 saturated heterocycles. The number of hydrogen-bond acceptors (Lipinski definition) is 2. The number of hydrogen-bond donors (Lipinski definition) is 0. The molecule has 0 bridgehead atoms. The molecule has 17 heavy (non-hydrogen) atoms. The lowest BCUT2D eigenvalue weighted by Crippen LogP contribution is -2.30. The predicted octanol–water partition coefficient (Wildman–Crippen LogP) is 4.07. The molecule has 0 radical (unpaired) electrons. The fourth-order valence-corrected chi connectivity index (χ4v) is 1.94. The van der Waals surface area contributed by atoms with Crippen molar-refractivity contribution in [3.8, 4) is 0 Å². The molecular weight excluding hydrogens is 263 g/mol. The van der Waals surface area contributed by atoms with Crippen LogP contribution in [0.3, 0.4) is 0 Å². The molecule has 0 aromatic rings. The number of thioether (sulfide) groups is 1. The largest absolute Gasteiger partial charge is 0.287 e. The lowest BCUT2D eigenvalue weighted by atomic mass is 10.1. The van der Waals surface area contributed by atoms with E-state index in [1.165, 1.54) is 0 Å². The van der Waals surface area contributed by atoms with E-state index in [2.05, 4.69) is 0 Å². The van der Waals surface area contributed by atoms with Crippen LogP contribution in [0.1, 0.15) is 32.6 Å². The van der Waals surface area contributed by atoms with Crippen LogP contribution in [-0.4, -0.2) is 29.4 Å². The van der Waals surface area contributed by atoms with Gasteiger partial charge in [0.2, 0.25) is 0 Å². The smallest absolute Gasteiger partial charge is 0.256 e. The van der Waals surface area contributed by atoms with E-state index in [-0.39, 0.29) is 17.3 Å². The fourth-order valence-electron chi connectivity index (χ4n) is 1.11. The summed E-state index contributed by atoms with van der Waals surface area (Å²) in [6.45, 7) is 0.259. The Labute approximate surface area is 101 Å². The van der Waals surface area contributed by atoms with E-state index in [0.717, 1.165) is 0 Å². The van der Waals surface area contributed by atoms with Crippen molar-refractivity contribution in [2.24, 2.45) is 0 Å². The van der Waals surface area contributed by atoms with E-state index >= 15 is 0 Å². The topological polar surface area (TPSA) is 17.1 Å². The molecular formula is C10H15F5OS. The molecule has 0 N–H and O–H groups in total. The number of rotatable bonds is 8.